The van der Waals surface area contributed by atoms with Gasteiger partial charge in [0.2, 0.25) is 11.7 Å². The van der Waals surface area contributed by atoms with E-state index in [0.29, 0.717) is 16.4 Å². The molecule has 1 unspecified atom stereocenters. The number of rotatable bonds is 10. The van der Waals surface area contributed by atoms with Crippen molar-refractivity contribution in [3.05, 3.63) is 47.6 Å². The molecule has 8 nitrogen and oxygen atoms in total. The summed E-state index contributed by atoms with van der Waals surface area (Å²) in [6.07, 6.45) is 3.08. The van der Waals surface area contributed by atoms with Crippen LogP contribution in [0.25, 0.3) is 22.2 Å². The first-order chi connectivity index (χ1) is 16.9. The number of fused-ring (bicyclic) bond motifs is 1. The zero-order valence-corrected chi connectivity index (χ0v) is 20.8. The third kappa shape index (κ3) is 5.40. The maximum atomic E-state index is 12.8. The van der Waals surface area contributed by atoms with Gasteiger partial charge in [0.25, 0.3) is 12.3 Å². The fraction of sp³-hybridized carbons (Fsp3) is 0.304. The second-order valence-corrected chi connectivity index (χ2v) is 8.83. The third-order valence-electron chi connectivity index (χ3n) is 5.34. The van der Waals surface area contributed by atoms with E-state index in [2.05, 4.69) is 29.6 Å². The summed E-state index contributed by atoms with van der Waals surface area (Å²) >= 11 is 7.77. The monoisotopic (exact) mass is 520 g/mol. The van der Waals surface area contributed by atoms with Crippen LogP contribution in [0.4, 0.5) is 14.7 Å². The first-order valence-electron chi connectivity index (χ1n) is 10.8. The summed E-state index contributed by atoms with van der Waals surface area (Å²) < 4.78 is 39.3. The number of hydrogen-bond donors (Lipinski definition) is 2. The number of alkyl halides is 2. The minimum Gasteiger partial charge on any atom is -0.480 e. The molecule has 1 aromatic carbocycles. The second kappa shape index (κ2) is 11.0. The van der Waals surface area contributed by atoms with Gasteiger partial charge in [-0.05, 0) is 30.5 Å². The molecule has 0 aliphatic heterocycles. The molecule has 0 saturated heterocycles. The summed E-state index contributed by atoms with van der Waals surface area (Å²) in [5.41, 5.74) is 2.80. The number of ether oxygens (including phenoxy) is 2. The van der Waals surface area contributed by atoms with E-state index in [4.69, 9.17) is 21.1 Å². The highest BCUT2D eigenvalue weighted by Crippen LogP contribution is 2.39. The fourth-order valence-corrected chi connectivity index (χ4v) is 4.41. The molecule has 0 bridgehead atoms. The molecular formula is C23H23ClF2N6O2S. The van der Waals surface area contributed by atoms with E-state index in [1.807, 2.05) is 32.2 Å². The van der Waals surface area contributed by atoms with E-state index in [1.54, 1.807) is 12.3 Å². The van der Waals surface area contributed by atoms with Crippen molar-refractivity contribution in [3.63, 3.8) is 0 Å². The second-order valence-electron chi connectivity index (χ2n) is 7.58. The van der Waals surface area contributed by atoms with E-state index >= 15 is 0 Å². The quantitative estimate of drug-likeness (QED) is 0.233. The first-order valence-corrected chi connectivity index (χ1v) is 12.0. The number of H-pyrrole nitrogens is 1. The highest BCUT2D eigenvalue weighted by atomic mass is 35.5. The predicted octanol–water partition coefficient (Wildman–Crippen LogP) is 6.35. The lowest BCUT2D eigenvalue weighted by Crippen LogP contribution is -2.13. The Balaban J connectivity index is 1.65. The highest BCUT2D eigenvalue weighted by molar-refractivity contribution is 8.00. The van der Waals surface area contributed by atoms with Gasteiger partial charge in [-0.25, -0.2) is 23.7 Å². The van der Waals surface area contributed by atoms with Crippen molar-refractivity contribution in [1.29, 1.82) is 0 Å². The average Bonchev–Trinajstić information content (AvgIpc) is 3.28. The molecule has 4 rings (SSSR count). The zero-order valence-electron chi connectivity index (χ0n) is 19.2. The number of nitrogens with zero attached hydrogens (tertiary/aromatic N) is 4. The van der Waals surface area contributed by atoms with Crippen molar-refractivity contribution in [2.24, 2.45) is 0 Å². The molecule has 0 aliphatic carbocycles. The number of anilines is 1. The lowest BCUT2D eigenvalue weighted by atomic mass is 10.0. The Morgan fingerprint density at radius 3 is 2.74 bits per heavy atom. The molecule has 0 radical (unpaired) electrons. The molecule has 4 aromatic rings. The smallest absolute Gasteiger partial charge is 0.272 e. The maximum absolute atomic E-state index is 12.8. The van der Waals surface area contributed by atoms with E-state index in [-0.39, 0.29) is 23.5 Å². The zero-order chi connectivity index (χ0) is 24.9. The Morgan fingerprint density at radius 1 is 1.23 bits per heavy atom. The Hall–Kier alpha value is -3.18. The van der Waals surface area contributed by atoms with Crippen LogP contribution < -0.4 is 14.2 Å². The van der Waals surface area contributed by atoms with Crippen LogP contribution in [0.3, 0.4) is 0 Å². The third-order valence-corrected chi connectivity index (χ3v) is 6.50. The van der Waals surface area contributed by atoms with Gasteiger partial charge >= 0.3 is 0 Å². The number of halogens is 3. The van der Waals surface area contributed by atoms with Crippen molar-refractivity contribution in [2.75, 3.05) is 18.4 Å². The minimum absolute atomic E-state index is 0.0595. The molecule has 0 spiro atoms. The number of aromatic nitrogens is 5. The van der Waals surface area contributed by atoms with Crippen LogP contribution in [0.1, 0.15) is 31.9 Å². The van der Waals surface area contributed by atoms with E-state index in [9.17, 15) is 8.78 Å². The molecule has 3 aromatic heterocycles. The molecule has 2 N–H and O–H groups in total. The van der Waals surface area contributed by atoms with Crippen LogP contribution in [-0.2, 0) is 0 Å². The van der Waals surface area contributed by atoms with Crippen molar-refractivity contribution < 1.29 is 18.3 Å². The fourth-order valence-electron chi connectivity index (χ4n) is 3.46. The van der Waals surface area contributed by atoms with E-state index < -0.39 is 13.0 Å². The average molecular weight is 521 g/mol. The summed E-state index contributed by atoms with van der Waals surface area (Å²) in [5, 5.41) is 1.49. The van der Waals surface area contributed by atoms with Gasteiger partial charge in [0.15, 0.2) is 0 Å². The van der Waals surface area contributed by atoms with Gasteiger partial charge in [0.05, 0.1) is 33.9 Å². The number of benzene rings is 1. The van der Waals surface area contributed by atoms with Gasteiger partial charge in [-0.2, -0.15) is 4.98 Å². The maximum Gasteiger partial charge on any atom is 0.272 e. The number of nitrogens with one attached hydrogen (secondary N) is 2. The van der Waals surface area contributed by atoms with Gasteiger partial charge in [-0.15, -0.1) is 0 Å². The highest BCUT2D eigenvalue weighted by Gasteiger charge is 2.22. The molecule has 0 aliphatic rings. The van der Waals surface area contributed by atoms with Crippen molar-refractivity contribution in [1.82, 2.24) is 24.9 Å². The number of aromatic amines is 1. The Kier molecular flexibility index (Phi) is 7.86. The van der Waals surface area contributed by atoms with Gasteiger partial charge in [-0.3, -0.25) is 4.72 Å². The summed E-state index contributed by atoms with van der Waals surface area (Å²) in [7, 11) is 1.41. The summed E-state index contributed by atoms with van der Waals surface area (Å²) in [5.74, 6) is 0.436. The topological polar surface area (TPSA) is 97.8 Å². The standard InChI is InChI=1S/C23H23ClF2N6O2S/c1-4-12(2)19-21(34-10-17(25)26)22(33-3)31-23(30-19)32-35-16-9-28-20-13(16)5-6-14(24)18(20)15-7-8-27-11-29-15/h5-9,11-12,17,28H,4,10H2,1-3H3,(H,30,31,32). The predicted molar refractivity (Wildman–Crippen MR) is 133 cm³/mol. The Morgan fingerprint density at radius 2 is 2.06 bits per heavy atom. The van der Waals surface area contributed by atoms with Gasteiger partial charge in [-0.1, -0.05) is 31.5 Å². The Labute approximate surface area is 210 Å². The van der Waals surface area contributed by atoms with Gasteiger partial charge < -0.3 is 14.5 Å². The molecule has 0 amide bonds. The normalized spacial score (nSPS) is 12.2. The van der Waals surface area contributed by atoms with Crippen LogP contribution in [0.5, 0.6) is 11.6 Å². The Bertz CT molecular complexity index is 1310. The summed E-state index contributed by atoms with van der Waals surface area (Å²) in [6, 6.07) is 5.52. The lowest BCUT2D eigenvalue weighted by molar-refractivity contribution is 0.0790. The molecule has 35 heavy (non-hydrogen) atoms. The SMILES string of the molecule is CCC(C)c1nc(NSc2c[nH]c3c(-c4ccncn4)c(Cl)ccc23)nc(OC)c1OCC(F)F. The lowest BCUT2D eigenvalue weighted by Gasteiger charge is -2.18. The van der Waals surface area contributed by atoms with Crippen molar-refractivity contribution in [3.8, 4) is 22.9 Å². The number of methoxy groups -OCH3 is 1. The largest absolute Gasteiger partial charge is 0.480 e. The molecule has 184 valence electrons. The molecule has 12 heteroatoms. The van der Waals surface area contributed by atoms with Crippen LogP contribution in [0, 0.1) is 0 Å². The van der Waals surface area contributed by atoms with Gasteiger partial charge in [0.1, 0.15) is 12.9 Å². The van der Waals surface area contributed by atoms with Crippen molar-refractivity contribution >= 4 is 40.4 Å². The number of hydrogen-bond acceptors (Lipinski definition) is 8. The molecular weight excluding hydrogens is 498 g/mol. The molecule has 0 saturated carbocycles. The van der Waals surface area contributed by atoms with Crippen LogP contribution >= 0.6 is 23.5 Å². The molecule has 3 heterocycles. The van der Waals surface area contributed by atoms with Crippen molar-refractivity contribution in [2.45, 2.75) is 37.5 Å². The van der Waals surface area contributed by atoms with Crippen LogP contribution in [0.2, 0.25) is 5.02 Å². The summed E-state index contributed by atoms with van der Waals surface area (Å²) in [4.78, 5) is 21.3. The molecule has 0 fully saturated rings. The minimum atomic E-state index is -2.62. The van der Waals surface area contributed by atoms with Crippen LogP contribution in [-0.4, -0.2) is 45.1 Å². The molecule has 1 atom stereocenters. The first kappa shape index (κ1) is 24.9. The van der Waals surface area contributed by atoms with Crippen LogP contribution in [0.15, 0.2) is 41.8 Å². The van der Waals surface area contributed by atoms with Gasteiger partial charge in [0, 0.05) is 29.3 Å². The summed E-state index contributed by atoms with van der Waals surface area (Å²) in [6.45, 7) is 3.15. The van der Waals surface area contributed by atoms with E-state index in [0.717, 1.165) is 27.8 Å². The van der Waals surface area contributed by atoms with E-state index in [1.165, 1.54) is 25.4 Å².